The highest BCUT2D eigenvalue weighted by Gasteiger charge is 2.69. The van der Waals surface area contributed by atoms with E-state index >= 15 is 0 Å². The van der Waals surface area contributed by atoms with Crippen LogP contribution in [0, 0.1) is 0 Å². The van der Waals surface area contributed by atoms with E-state index in [4.69, 9.17) is 4.74 Å². The summed E-state index contributed by atoms with van der Waals surface area (Å²) >= 11 is 0. The molecule has 1 atom stereocenters. The van der Waals surface area contributed by atoms with Gasteiger partial charge in [0.25, 0.3) is 11.6 Å². The van der Waals surface area contributed by atoms with Crippen molar-refractivity contribution >= 4 is 18.0 Å². The van der Waals surface area contributed by atoms with Crippen LogP contribution in [0.5, 0.6) is 0 Å². The average Bonchev–Trinajstić information content (AvgIpc) is 2.75. The molecule has 7 nitrogen and oxygen atoms in total. The third kappa shape index (κ3) is 4.50. The van der Waals surface area contributed by atoms with Gasteiger partial charge >= 0.3 is 18.3 Å². The maximum atomic E-state index is 13.6. The Bertz CT molecular complexity index is 731. The Balaban J connectivity index is 2.22. The molecule has 2 N–H and O–H groups in total. The molecule has 10 heteroatoms. The van der Waals surface area contributed by atoms with Crippen LogP contribution >= 0.6 is 0 Å². The molecule has 148 valence electrons. The number of amides is 4. The van der Waals surface area contributed by atoms with Gasteiger partial charge < -0.3 is 4.74 Å². The van der Waals surface area contributed by atoms with Gasteiger partial charge in [-0.05, 0) is 32.8 Å². The quantitative estimate of drug-likeness (QED) is 0.778. The van der Waals surface area contributed by atoms with E-state index in [2.05, 4.69) is 0 Å². The largest absolute Gasteiger partial charge is 0.444 e. The van der Waals surface area contributed by atoms with Crippen LogP contribution in [0.4, 0.5) is 22.8 Å². The van der Waals surface area contributed by atoms with Crippen LogP contribution in [-0.2, 0) is 16.0 Å². The minimum atomic E-state index is -5.27. The highest BCUT2D eigenvalue weighted by atomic mass is 19.4. The van der Waals surface area contributed by atoms with E-state index in [-0.39, 0.29) is 13.0 Å². The zero-order valence-corrected chi connectivity index (χ0v) is 15.0. The Hall–Kier alpha value is -2.78. The van der Waals surface area contributed by atoms with Gasteiger partial charge in [0, 0.05) is 6.54 Å². The summed E-state index contributed by atoms with van der Waals surface area (Å²) < 4.78 is 45.7. The number of carbonyl (C=O) groups is 3. The third-order valence-corrected chi connectivity index (χ3v) is 3.69. The molecule has 0 radical (unpaired) electrons. The molecule has 4 amide bonds. The Morgan fingerprint density at radius 2 is 1.78 bits per heavy atom. The molecule has 1 fully saturated rings. The second-order valence-corrected chi connectivity index (χ2v) is 7.00. The summed E-state index contributed by atoms with van der Waals surface area (Å²) in [6.07, 6.45) is -6.57. The lowest BCUT2D eigenvalue weighted by molar-refractivity contribution is -0.201. The predicted octanol–water partition coefficient (Wildman–Crippen LogP) is 2.56. The Morgan fingerprint density at radius 1 is 1.19 bits per heavy atom. The summed E-state index contributed by atoms with van der Waals surface area (Å²) in [4.78, 5) is 36.8. The summed E-state index contributed by atoms with van der Waals surface area (Å²) in [7, 11) is 0. The van der Waals surface area contributed by atoms with Gasteiger partial charge in [-0.3, -0.25) is 20.3 Å². The van der Waals surface area contributed by atoms with Crippen LogP contribution in [0.3, 0.4) is 0 Å². The molecule has 0 bridgehead atoms. The molecule has 0 aromatic heterocycles. The second-order valence-electron chi connectivity index (χ2n) is 7.00. The number of ether oxygens (including phenoxy) is 1. The van der Waals surface area contributed by atoms with Crippen LogP contribution in [0.25, 0.3) is 0 Å². The monoisotopic (exact) mass is 387 g/mol. The number of rotatable bonds is 4. The standard InChI is InChI=1S/C17H20F3N3O4/c1-15(2,3)27-14(26)22-16(17(18,19)20)12(24)23(13(25)21-16)10-9-11-7-5-4-6-8-11/h4-8H,9-10H2,1-3H3,(H,21,25)(H,22,26). The van der Waals surface area contributed by atoms with Crippen LogP contribution in [0.15, 0.2) is 30.3 Å². The van der Waals surface area contributed by atoms with Crippen LogP contribution in [0.2, 0.25) is 0 Å². The molecule has 27 heavy (non-hydrogen) atoms. The fourth-order valence-electron chi connectivity index (χ4n) is 2.47. The van der Waals surface area contributed by atoms with Crippen molar-refractivity contribution in [2.75, 3.05) is 6.54 Å². The zero-order valence-electron chi connectivity index (χ0n) is 15.0. The van der Waals surface area contributed by atoms with Gasteiger partial charge in [0.05, 0.1) is 0 Å². The summed E-state index contributed by atoms with van der Waals surface area (Å²) in [6, 6.07) is 7.40. The number of hydrogen-bond acceptors (Lipinski definition) is 4. The smallest absolute Gasteiger partial charge is 0.440 e. The third-order valence-electron chi connectivity index (χ3n) is 3.69. The van der Waals surface area contributed by atoms with E-state index in [1.54, 1.807) is 35.6 Å². The Labute approximate surface area is 153 Å². The SMILES string of the molecule is CC(C)(C)OC(=O)NC1(C(F)(F)F)NC(=O)N(CCc2ccccc2)C1=O. The number of carbonyl (C=O) groups excluding carboxylic acids is 3. The number of benzene rings is 1. The first-order valence-corrected chi connectivity index (χ1v) is 8.12. The first-order valence-electron chi connectivity index (χ1n) is 8.12. The molecule has 1 saturated heterocycles. The molecule has 2 rings (SSSR count). The normalized spacial score (nSPS) is 20.4. The van der Waals surface area contributed by atoms with Gasteiger partial charge in [-0.15, -0.1) is 0 Å². The molecule has 0 aliphatic carbocycles. The molecule has 1 aliphatic heterocycles. The lowest BCUT2D eigenvalue weighted by Crippen LogP contribution is -2.69. The van der Waals surface area contributed by atoms with Crippen molar-refractivity contribution in [2.24, 2.45) is 0 Å². The number of nitrogens with zero attached hydrogens (tertiary/aromatic N) is 1. The van der Waals surface area contributed by atoms with E-state index in [0.717, 1.165) is 5.56 Å². The number of halogens is 3. The summed E-state index contributed by atoms with van der Waals surface area (Å²) in [5, 5.41) is 3.05. The van der Waals surface area contributed by atoms with Crippen molar-refractivity contribution in [3.63, 3.8) is 0 Å². The second kappa shape index (κ2) is 7.09. The van der Waals surface area contributed by atoms with Crippen molar-refractivity contribution in [1.82, 2.24) is 15.5 Å². The lowest BCUT2D eigenvalue weighted by atomic mass is 10.1. The van der Waals surface area contributed by atoms with Crippen LogP contribution < -0.4 is 10.6 Å². The minimum absolute atomic E-state index is 0.167. The Morgan fingerprint density at radius 3 is 2.30 bits per heavy atom. The molecular weight excluding hydrogens is 367 g/mol. The number of urea groups is 1. The highest BCUT2D eigenvalue weighted by molar-refractivity contribution is 6.08. The molecule has 1 heterocycles. The van der Waals surface area contributed by atoms with Gasteiger partial charge in [0.15, 0.2) is 0 Å². The van der Waals surface area contributed by atoms with E-state index in [0.29, 0.717) is 4.90 Å². The molecule has 1 aromatic carbocycles. The van der Waals surface area contributed by atoms with Crippen LogP contribution in [0.1, 0.15) is 26.3 Å². The lowest BCUT2D eigenvalue weighted by Gasteiger charge is -2.31. The van der Waals surface area contributed by atoms with Crippen molar-refractivity contribution in [3.05, 3.63) is 35.9 Å². The van der Waals surface area contributed by atoms with Crippen molar-refractivity contribution in [2.45, 2.75) is 44.6 Å². The van der Waals surface area contributed by atoms with Gasteiger partial charge in [-0.1, -0.05) is 30.3 Å². The zero-order chi connectivity index (χ0) is 20.5. The number of hydrogen-bond donors (Lipinski definition) is 2. The molecule has 0 saturated carbocycles. The highest BCUT2D eigenvalue weighted by Crippen LogP contribution is 2.34. The van der Waals surface area contributed by atoms with E-state index in [1.165, 1.54) is 26.1 Å². The number of alkyl halides is 3. The fraction of sp³-hybridized carbons (Fsp3) is 0.471. The topological polar surface area (TPSA) is 87.7 Å². The van der Waals surface area contributed by atoms with E-state index < -0.39 is 35.5 Å². The molecule has 0 spiro atoms. The molecule has 1 aromatic rings. The van der Waals surface area contributed by atoms with Gasteiger partial charge in [-0.2, -0.15) is 13.2 Å². The fourth-order valence-corrected chi connectivity index (χ4v) is 2.47. The van der Waals surface area contributed by atoms with Gasteiger partial charge in [0.2, 0.25) is 0 Å². The van der Waals surface area contributed by atoms with E-state index in [1.807, 2.05) is 0 Å². The molecule has 1 aliphatic rings. The minimum Gasteiger partial charge on any atom is -0.444 e. The van der Waals surface area contributed by atoms with Gasteiger partial charge in [-0.25, -0.2) is 9.59 Å². The molecular formula is C17H20F3N3O4. The van der Waals surface area contributed by atoms with Crippen LogP contribution in [-0.4, -0.2) is 46.9 Å². The Kier molecular flexibility index (Phi) is 5.39. The first-order chi connectivity index (χ1) is 12.4. The maximum absolute atomic E-state index is 13.6. The predicted molar refractivity (Wildman–Crippen MR) is 88.5 cm³/mol. The summed E-state index contributed by atoms with van der Waals surface area (Å²) in [5.74, 6) is -1.61. The number of imide groups is 1. The van der Waals surface area contributed by atoms with Crippen molar-refractivity contribution in [1.29, 1.82) is 0 Å². The number of nitrogens with one attached hydrogen (secondary N) is 2. The number of alkyl carbamates (subject to hydrolysis) is 1. The summed E-state index contributed by atoms with van der Waals surface area (Å²) in [6.45, 7) is 4.08. The van der Waals surface area contributed by atoms with Gasteiger partial charge in [0.1, 0.15) is 5.60 Å². The van der Waals surface area contributed by atoms with Crippen molar-refractivity contribution < 1.29 is 32.3 Å². The first kappa shape index (κ1) is 20.5. The van der Waals surface area contributed by atoms with Crippen molar-refractivity contribution in [3.8, 4) is 0 Å². The van der Waals surface area contributed by atoms with E-state index in [9.17, 15) is 27.6 Å². The molecule has 1 unspecified atom stereocenters. The average molecular weight is 387 g/mol. The maximum Gasteiger partial charge on any atom is 0.440 e. The summed E-state index contributed by atoms with van der Waals surface area (Å²) in [5.41, 5.74) is -3.92.